The van der Waals surface area contributed by atoms with Gasteiger partial charge in [-0.05, 0) is 68.9 Å². The zero-order valence-electron chi connectivity index (χ0n) is 21.4. The van der Waals surface area contributed by atoms with Gasteiger partial charge in [-0.15, -0.1) is 11.3 Å². The van der Waals surface area contributed by atoms with Crippen LogP contribution in [0, 0.1) is 0 Å². The van der Waals surface area contributed by atoms with E-state index in [1.165, 1.54) is 24.3 Å². The summed E-state index contributed by atoms with van der Waals surface area (Å²) in [5, 5.41) is 25.6. The van der Waals surface area contributed by atoms with Crippen molar-refractivity contribution in [3.63, 3.8) is 0 Å². The average molecular weight is 553 g/mol. The number of carboxylic acid groups (broad SMARTS) is 1. The Bertz CT molecular complexity index is 1500. The maximum Gasteiger partial charge on any atom is 0.335 e. The van der Waals surface area contributed by atoms with Gasteiger partial charge in [-0.25, -0.2) is 14.2 Å². The molecule has 0 spiro atoms. The van der Waals surface area contributed by atoms with E-state index < -0.39 is 17.9 Å². The van der Waals surface area contributed by atoms with Crippen LogP contribution in [0.5, 0.6) is 5.75 Å². The summed E-state index contributed by atoms with van der Waals surface area (Å²) in [4.78, 5) is 15.9. The van der Waals surface area contributed by atoms with Crippen LogP contribution in [0.25, 0.3) is 21.5 Å². The van der Waals surface area contributed by atoms with Crippen molar-refractivity contribution in [2.24, 2.45) is 0 Å². The van der Waals surface area contributed by atoms with Crippen LogP contribution in [0.3, 0.4) is 0 Å². The fourth-order valence-electron chi connectivity index (χ4n) is 5.19. The maximum atomic E-state index is 13.7. The molecule has 2 aromatic carbocycles. The molecule has 0 radical (unpaired) electrons. The second-order valence-electron chi connectivity index (χ2n) is 10.4. The van der Waals surface area contributed by atoms with E-state index in [1.807, 2.05) is 12.1 Å². The minimum atomic E-state index is -1.46. The molecule has 2 fully saturated rings. The van der Waals surface area contributed by atoms with Crippen molar-refractivity contribution in [2.45, 2.75) is 76.0 Å². The molecule has 2 aromatic heterocycles. The lowest BCUT2D eigenvalue weighted by molar-refractivity contribution is -0.0640. The van der Waals surface area contributed by atoms with Gasteiger partial charge >= 0.3 is 5.97 Å². The van der Waals surface area contributed by atoms with E-state index in [9.17, 15) is 19.4 Å². The number of aromatic nitrogens is 2. The number of hydrogen-bond acceptors (Lipinski definition) is 8. The van der Waals surface area contributed by atoms with E-state index in [1.54, 1.807) is 24.3 Å². The van der Waals surface area contributed by atoms with Gasteiger partial charge in [0.05, 0.1) is 28.5 Å². The van der Waals surface area contributed by atoms with Gasteiger partial charge in [0.2, 0.25) is 6.36 Å². The van der Waals surface area contributed by atoms with E-state index in [-0.39, 0.29) is 11.7 Å². The monoisotopic (exact) mass is 552 g/mol. The Morgan fingerprint density at radius 1 is 1.21 bits per heavy atom. The first-order chi connectivity index (χ1) is 18.8. The summed E-state index contributed by atoms with van der Waals surface area (Å²) >= 11 is 1.34. The fraction of sp³-hybridized carbons (Fsp3) is 0.414. The summed E-state index contributed by atoms with van der Waals surface area (Å²) in [6, 6.07) is 12.0. The van der Waals surface area contributed by atoms with Gasteiger partial charge in [0.25, 0.3) is 0 Å². The Morgan fingerprint density at radius 3 is 2.69 bits per heavy atom. The van der Waals surface area contributed by atoms with Gasteiger partial charge in [-0.3, -0.25) is 0 Å². The molecule has 2 saturated carbocycles. The van der Waals surface area contributed by atoms with Crippen molar-refractivity contribution in [1.29, 1.82) is 0 Å². The minimum absolute atomic E-state index is 0.0644. The molecule has 0 aliphatic heterocycles. The van der Waals surface area contributed by atoms with Gasteiger partial charge < -0.3 is 24.2 Å². The van der Waals surface area contributed by atoms with Crippen molar-refractivity contribution >= 4 is 27.5 Å². The Morgan fingerprint density at radius 2 is 1.97 bits per heavy atom. The van der Waals surface area contributed by atoms with Crippen molar-refractivity contribution in [2.75, 3.05) is 0 Å². The molecule has 1 unspecified atom stereocenters. The van der Waals surface area contributed by atoms with Crippen LogP contribution in [0.15, 0.2) is 47.0 Å². The third-order valence-electron chi connectivity index (χ3n) is 7.45. The Kier molecular flexibility index (Phi) is 6.86. The number of alkyl halides is 1. The van der Waals surface area contributed by atoms with E-state index >= 15 is 0 Å². The highest BCUT2D eigenvalue weighted by Crippen LogP contribution is 2.46. The lowest BCUT2D eigenvalue weighted by atomic mass is 9.83. The quantitative estimate of drug-likeness (QED) is 0.240. The van der Waals surface area contributed by atoms with Crippen LogP contribution in [0.4, 0.5) is 4.39 Å². The predicted octanol–water partition coefficient (Wildman–Crippen LogP) is 6.57. The van der Waals surface area contributed by atoms with E-state index in [0.717, 1.165) is 28.9 Å². The molecule has 0 saturated heterocycles. The second-order valence-corrected chi connectivity index (χ2v) is 11.4. The zero-order chi connectivity index (χ0) is 27.1. The van der Waals surface area contributed by atoms with Crippen molar-refractivity contribution in [3.05, 3.63) is 64.4 Å². The molecule has 4 aromatic rings. The summed E-state index contributed by atoms with van der Waals surface area (Å²) in [5.74, 6) is 0.543. The molecule has 204 valence electrons. The van der Waals surface area contributed by atoms with Gasteiger partial charge in [0, 0.05) is 24.0 Å². The Hall–Kier alpha value is -3.34. The Balaban J connectivity index is 1.16. The molecule has 10 heteroatoms. The molecule has 0 amide bonds. The highest BCUT2D eigenvalue weighted by Gasteiger charge is 2.39. The predicted molar refractivity (Wildman–Crippen MR) is 143 cm³/mol. The molecule has 0 bridgehead atoms. The van der Waals surface area contributed by atoms with Crippen molar-refractivity contribution in [1.82, 2.24) is 10.1 Å². The van der Waals surface area contributed by atoms with Crippen LogP contribution in [0.2, 0.25) is 0 Å². The van der Waals surface area contributed by atoms with Gasteiger partial charge in [-0.1, -0.05) is 17.3 Å². The van der Waals surface area contributed by atoms with Gasteiger partial charge in [0.1, 0.15) is 27.8 Å². The number of carboxylic acids is 1. The molecule has 6 rings (SSSR count). The first-order valence-electron chi connectivity index (χ1n) is 13.2. The average Bonchev–Trinajstić information content (AvgIpc) is 3.52. The van der Waals surface area contributed by atoms with Crippen LogP contribution in [-0.2, 0) is 16.9 Å². The number of para-hydroxylation sites is 1. The van der Waals surface area contributed by atoms with Crippen LogP contribution in [0.1, 0.15) is 78.1 Å². The van der Waals surface area contributed by atoms with Crippen molar-refractivity contribution < 1.29 is 33.4 Å². The van der Waals surface area contributed by atoms with Crippen LogP contribution in [-0.4, -0.2) is 38.8 Å². The highest BCUT2D eigenvalue weighted by atomic mass is 32.1. The number of nitrogens with zero attached hydrogens (tertiary/aromatic N) is 2. The first kappa shape index (κ1) is 25.9. The normalized spacial score (nSPS) is 22.2. The first-order valence-corrected chi connectivity index (χ1v) is 14.0. The summed E-state index contributed by atoms with van der Waals surface area (Å²) in [6.45, 7) is 1.64. The number of halogens is 1. The molecule has 2 heterocycles. The van der Waals surface area contributed by atoms with Crippen LogP contribution < -0.4 is 4.74 Å². The van der Waals surface area contributed by atoms with Crippen molar-refractivity contribution in [3.8, 4) is 17.0 Å². The van der Waals surface area contributed by atoms with Gasteiger partial charge in [-0.2, -0.15) is 0 Å². The number of rotatable bonds is 9. The lowest BCUT2D eigenvalue weighted by Gasteiger charge is -2.34. The number of thiazole rings is 1. The number of ether oxygens (including phenoxy) is 2. The zero-order valence-corrected chi connectivity index (χ0v) is 22.2. The summed E-state index contributed by atoms with van der Waals surface area (Å²) < 4.78 is 31.9. The second kappa shape index (κ2) is 10.3. The molecule has 2 N–H and O–H groups in total. The van der Waals surface area contributed by atoms with E-state index in [4.69, 9.17) is 14.0 Å². The van der Waals surface area contributed by atoms with E-state index in [0.29, 0.717) is 65.7 Å². The SMILES string of the molecule is CC(F)Oc1ccccc1-c1noc(C2CC2)c1COC1CCC(O)(c2nc3ccc(C(=O)O)cc3s2)CC1. The minimum Gasteiger partial charge on any atom is -0.478 e. The Labute approximate surface area is 228 Å². The topological polar surface area (TPSA) is 115 Å². The molecule has 39 heavy (non-hydrogen) atoms. The van der Waals surface area contributed by atoms with E-state index in [2.05, 4.69) is 10.1 Å². The molecular weight excluding hydrogens is 523 g/mol. The standard InChI is InChI=1S/C29H29FN2O6S/c1-16(30)37-23-5-3-2-4-20(23)25-21(26(38-32-25)17-6-7-17)15-36-19-10-12-29(35,13-11-19)28-31-22-9-8-18(27(33)34)14-24(22)39-28/h2-5,8-9,14,16-17,19,35H,6-7,10-13,15H2,1H3,(H,33,34). The number of carbonyl (C=O) groups is 1. The maximum absolute atomic E-state index is 13.7. The summed E-state index contributed by atoms with van der Waals surface area (Å²) in [6.07, 6.45) is 2.81. The molecule has 1 atom stereocenters. The smallest absolute Gasteiger partial charge is 0.335 e. The third kappa shape index (κ3) is 5.28. The lowest BCUT2D eigenvalue weighted by Crippen LogP contribution is -2.34. The largest absolute Gasteiger partial charge is 0.478 e. The summed E-state index contributed by atoms with van der Waals surface area (Å²) in [5.41, 5.74) is 1.95. The fourth-order valence-corrected chi connectivity index (χ4v) is 6.34. The number of aromatic carboxylic acids is 1. The summed E-state index contributed by atoms with van der Waals surface area (Å²) in [7, 11) is 0. The van der Waals surface area contributed by atoms with Gasteiger partial charge in [0.15, 0.2) is 0 Å². The number of aliphatic hydroxyl groups is 1. The molecule has 2 aliphatic rings. The molecular formula is C29H29FN2O6S. The number of fused-ring (bicyclic) bond motifs is 1. The third-order valence-corrected chi connectivity index (χ3v) is 8.67. The highest BCUT2D eigenvalue weighted by molar-refractivity contribution is 7.18. The molecule has 8 nitrogen and oxygen atoms in total. The van der Waals surface area contributed by atoms with Crippen LogP contribution >= 0.6 is 11.3 Å². The molecule has 2 aliphatic carbocycles. The number of hydrogen-bond donors (Lipinski definition) is 2. The number of benzene rings is 2.